The zero-order valence-corrected chi connectivity index (χ0v) is 11.5. The van der Waals surface area contributed by atoms with E-state index in [1.54, 1.807) is 11.3 Å². The van der Waals surface area contributed by atoms with Crippen LogP contribution in [-0.4, -0.2) is 31.2 Å². The molecular formula is C13H23N3S. The fraction of sp³-hybridized carbons (Fsp3) is 0.769. The summed E-state index contributed by atoms with van der Waals surface area (Å²) in [6, 6.07) is 0. The third-order valence-corrected chi connectivity index (χ3v) is 4.40. The Morgan fingerprint density at radius 2 is 2.24 bits per heavy atom. The largest absolute Gasteiger partial charge is 0.317 e. The number of aryl methyl sites for hydroxylation is 1. The molecule has 0 aliphatic carbocycles. The topological polar surface area (TPSA) is 37.0 Å². The number of hydrogen-bond donors (Lipinski definition) is 2. The van der Waals surface area contributed by atoms with Gasteiger partial charge >= 0.3 is 0 Å². The summed E-state index contributed by atoms with van der Waals surface area (Å²) in [6.07, 6.45) is 5.12. The van der Waals surface area contributed by atoms with Crippen LogP contribution in [0.15, 0.2) is 5.38 Å². The Kier molecular flexibility index (Phi) is 5.42. The number of nitrogens with zero attached hydrogens (tertiary/aromatic N) is 1. The van der Waals surface area contributed by atoms with Crippen molar-refractivity contribution >= 4 is 11.3 Å². The van der Waals surface area contributed by atoms with Gasteiger partial charge in [0.25, 0.3) is 0 Å². The summed E-state index contributed by atoms with van der Waals surface area (Å²) in [5.41, 5.74) is 1.15. The molecule has 1 aromatic rings. The molecule has 3 nitrogen and oxygen atoms in total. The lowest BCUT2D eigenvalue weighted by Crippen LogP contribution is -2.30. The van der Waals surface area contributed by atoms with Gasteiger partial charge in [-0.3, -0.25) is 0 Å². The van der Waals surface area contributed by atoms with Crippen molar-refractivity contribution in [2.75, 3.05) is 26.2 Å². The third kappa shape index (κ3) is 4.74. The average Bonchev–Trinajstić information content (AvgIpc) is 2.76. The van der Waals surface area contributed by atoms with Gasteiger partial charge in [0.15, 0.2) is 0 Å². The van der Waals surface area contributed by atoms with E-state index in [1.165, 1.54) is 37.4 Å². The third-order valence-electron chi connectivity index (χ3n) is 3.37. The van der Waals surface area contributed by atoms with E-state index in [-0.39, 0.29) is 0 Å². The quantitative estimate of drug-likeness (QED) is 0.761. The smallest absolute Gasteiger partial charge is 0.0940 e. The first-order valence-electron chi connectivity index (χ1n) is 6.67. The van der Waals surface area contributed by atoms with Gasteiger partial charge < -0.3 is 10.6 Å². The summed E-state index contributed by atoms with van der Waals surface area (Å²) in [6.45, 7) is 6.71. The highest BCUT2D eigenvalue weighted by atomic mass is 32.1. The second-order valence-electron chi connectivity index (χ2n) is 4.86. The molecule has 1 aromatic heterocycles. The van der Waals surface area contributed by atoms with Gasteiger partial charge in [0.2, 0.25) is 0 Å². The molecule has 0 radical (unpaired) electrons. The van der Waals surface area contributed by atoms with E-state index in [0.29, 0.717) is 0 Å². The Morgan fingerprint density at radius 3 is 2.94 bits per heavy atom. The van der Waals surface area contributed by atoms with Crippen LogP contribution in [0.2, 0.25) is 0 Å². The lowest BCUT2D eigenvalue weighted by molar-refractivity contribution is 0.349. The van der Waals surface area contributed by atoms with Crippen molar-refractivity contribution in [3.05, 3.63) is 16.1 Å². The number of piperidine rings is 1. The molecule has 1 saturated heterocycles. The molecule has 0 unspecified atom stereocenters. The Balaban J connectivity index is 1.51. The summed E-state index contributed by atoms with van der Waals surface area (Å²) in [5.74, 6) is 0.936. The zero-order valence-electron chi connectivity index (χ0n) is 10.7. The zero-order chi connectivity index (χ0) is 11.9. The molecular weight excluding hydrogens is 230 g/mol. The van der Waals surface area contributed by atoms with Crippen molar-refractivity contribution in [1.82, 2.24) is 15.6 Å². The maximum atomic E-state index is 4.47. The van der Waals surface area contributed by atoms with E-state index in [4.69, 9.17) is 0 Å². The second-order valence-corrected chi connectivity index (χ2v) is 5.81. The van der Waals surface area contributed by atoms with Gasteiger partial charge in [0, 0.05) is 24.0 Å². The fourth-order valence-corrected chi connectivity index (χ4v) is 3.09. The Morgan fingerprint density at radius 1 is 1.41 bits per heavy atom. The van der Waals surface area contributed by atoms with Crippen molar-refractivity contribution in [2.24, 2.45) is 5.92 Å². The van der Waals surface area contributed by atoms with E-state index >= 15 is 0 Å². The van der Waals surface area contributed by atoms with Crippen molar-refractivity contribution in [3.8, 4) is 0 Å². The molecule has 0 saturated carbocycles. The highest BCUT2D eigenvalue weighted by Crippen LogP contribution is 2.14. The van der Waals surface area contributed by atoms with Crippen LogP contribution in [0.1, 0.15) is 30.0 Å². The van der Waals surface area contributed by atoms with Crippen LogP contribution < -0.4 is 10.6 Å². The summed E-state index contributed by atoms with van der Waals surface area (Å²) < 4.78 is 0. The molecule has 96 valence electrons. The molecule has 2 N–H and O–H groups in total. The predicted molar refractivity (Wildman–Crippen MR) is 73.6 cm³/mol. The van der Waals surface area contributed by atoms with E-state index in [2.05, 4.69) is 27.9 Å². The molecule has 4 heteroatoms. The molecule has 17 heavy (non-hydrogen) atoms. The molecule has 0 spiro atoms. The predicted octanol–water partition coefficient (Wildman–Crippen LogP) is 1.97. The molecule has 1 fully saturated rings. The van der Waals surface area contributed by atoms with Crippen molar-refractivity contribution in [2.45, 2.75) is 32.6 Å². The van der Waals surface area contributed by atoms with Crippen LogP contribution in [0.25, 0.3) is 0 Å². The average molecular weight is 253 g/mol. The van der Waals surface area contributed by atoms with Crippen LogP contribution in [-0.2, 0) is 6.42 Å². The Hall–Kier alpha value is -0.450. The van der Waals surface area contributed by atoms with Gasteiger partial charge in [-0.15, -0.1) is 11.3 Å². The van der Waals surface area contributed by atoms with Gasteiger partial charge in [-0.25, -0.2) is 4.98 Å². The first-order chi connectivity index (χ1) is 8.34. The minimum Gasteiger partial charge on any atom is -0.317 e. The number of hydrogen-bond acceptors (Lipinski definition) is 4. The maximum Gasteiger partial charge on any atom is 0.0940 e. The van der Waals surface area contributed by atoms with Gasteiger partial charge in [0.1, 0.15) is 0 Å². The minimum atomic E-state index is 0.936. The molecule has 1 aliphatic rings. The van der Waals surface area contributed by atoms with Gasteiger partial charge in [-0.1, -0.05) is 0 Å². The number of nitrogens with one attached hydrogen (secondary N) is 2. The van der Waals surface area contributed by atoms with Crippen molar-refractivity contribution in [3.63, 3.8) is 0 Å². The molecule has 1 aliphatic heterocycles. The SMILES string of the molecule is Cc1csc(CCNCCC2CCNCC2)n1. The first-order valence-corrected chi connectivity index (χ1v) is 7.55. The minimum absolute atomic E-state index is 0.936. The van der Waals surface area contributed by atoms with Crippen molar-refractivity contribution in [1.29, 1.82) is 0 Å². The molecule has 2 heterocycles. The van der Waals surface area contributed by atoms with Gasteiger partial charge in [0.05, 0.1) is 5.01 Å². The van der Waals surface area contributed by atoms with Crippen LogP contribution >= 0.6 is 11.3 Å². The van der Waals surface area contributed by atoms with Crippen LogP contribution in [0, 0.1) is 12.8 Å². The van der Waals surface area contributed by atoms with E-state index in [9.17, 15) is 0 Å². The van der Waals surface area contributed by atoms with Gasteiger partial charge in [-0.2, -0.15) is 0 Å². The summed E-state index contributed by atoms with van der Waals surface area (Å²) in [4.78, 5) is 4.47. The second kappa shape index (κ2) is 7.09. The van der Waals surface area contributed by atoms with Crippen molar-refractivity contribution < 1.29 is 0 Å². The normalized spacial score (nSPS) is 17.5. The standard InChI is InChI=1S/C13H23N3S/c1-11-10-17-13(16-11)5-9-15-8-4-12-2-6-14-7-3-12/h10,12,14-15H,2-9H2,1H3. The molecule has 0 amide bonds. The number of aromatic nitrogens is 1. The number of rotatable bonds is 6. The number of thiazole rings is 1. The summed E-state index contributed by atoms with van der Waals surface area (Å²) in [7, 11) is 0. The monoisotopic (exact) mass is 253 g/mol. The van der Waals surface area contributed by atoms with Crippen LogP contribution in [0.3, 0.4) is 0 Å². The van der Waals surface area contributed by atoms with Crippen LogP contribution in [0.4, 0.5) is 0 Å². The lowest BCUT2D eigenvalue weighted by Gasteiger charge is -2.22. The maximum absolute atomic E-state index is 4.47. The molecule has 2 rings (SSSR count). The summed E-state index contributed by atoms with van der Waals surface area (Å²) in [5, 5.41) is 10.3. The van der Waals surface area contributed by atoms with Crippen LogP contribution in [0.5, 0.6) is 0 Å². The highest BCUT2D eigenvalue weighted by Gasteiger charge is 2.11. The fourth-order valence-electron chi connectivity index (χ4n) is 2.31. The van der Waals surface area contributed by atoms with E-state index in [1.807, 2.05) is 0 Å². The van der Waals surface area contributed by atoms with E-state index in [0.717, 1.165) is 31.1 Å². The first kappa shape index (κ1) is 13.0. The Bertz CT molecular complexity index is 318. The lowest BCUT2D eigenvalue weighted by atomic mass is 9.95. The van der Waals surface area contributed by atoms with E-state index < -0.39 is 0 Å². The van der Waals surface area contributed by atoms with Gasteiger partial charge in [-0.05, 0) is 51.7 Å². The molecule has 0 aromatic carbocycles. The Labute approximate surface area is 108 Å². The highest BCUT2D eigenvalue weighted by molar-refractivity contribution is 7.09. The summed E-state index contributed by atoms with van der Waals surface area (Å²) >= 11 is 1.78. The molecule has 0 bridgehead atoms. The molecule has 0 atom stereocenters.